The van der Waals surface area contributed by atoms with Gasteiger partial charge >= 0.3 is 0 Å². The highest BCUT2D eigenvalue weighted by Gasteiger charge is 2.37. The molecule has 2 heteroatoms. The third-order valence-corrected chi connectivity index (χ3v) is 5.16. The maximum absolute atomic E-state index is 9.37. The minimum Gasteiger partial charge on any atom is -0.395 e. The third-order valence-electron chi connectivity index (χ3n) is 5.16. The first-order valence-electron chi connectivity index (χ1n) is 7.52. The van der Waals surface area contributed by atoms with Crippen LogP contribution >= 0.6 is 0 Å². The second-order valence-electron chi connectivity index (χ2n) is 6.68. The van der Waals surface area contributed by atoms with Crippen molar-refractivity contribution in [1.29, 1.82) is 0 Å². The van der Waals surface area contributed by atoms with Crippen LogP contribution in [0.1, 0.15) is 65.2 Å². The molecule has 1 atom stereocenters. The smallest absolute Gasteiger partial charge is 0.0587 e. The highest BCUT2D eigenvalue weighted by Crippen LogP contribution is 2.48. The molecule has 1 unspecified atom stereocenters. The zero-order chi connectivity index (χ0) is 12.3. The Morgan fingerprint density at radius 2 is 1.71 bits per heavy atom. The normalized spacial score (nSPS) is 26.8. The summed E-state index contributed by atoms with van der Waals surface area (Å²) in [6.45, 7) is 4.66. The Bertz CT molecular complexity index is 223. The molecule has 2 N–H and O–H groups in total. The molecule has 0 amide bonds. The number of hydrogen-bond acceptors (Lipinski definition) is 2. The van der Waals surface area contributed by atoms with E-state index in [1.165, 1.54) is 51.4 Å². The molecule has 0 aromatic rings. The molecule has 2 aliphatic rings. The van der Waals surface area contributed by atoms with E-state index in [-0.39, 0.29) is 12.6 Å². The van der Waals surface area contributed by atoms with Crippen LogP contribution in [0.4, 0.5) is 0 Å². The van der Waals surface area contributed by atoms with Gasteiger partial charge in [0.15, 0.2) is 0 Å². The molecule has 17 heavy (non-hydrogen) atoms. The van der Waals surface area contributed by atoms with Crippen molar-refractivity contribution < 1.29 is 5.11 Å². The number of nitrogens with one attached hydrogen (secondary N) is 1. The van der Waals surface area contributed by atoms with E-state index in [1.807, 2.05) is 0 Å². The van der Waals surface area contributed by atoms with E-state index in [4.69, 9.17) is 0 Å². The van der Waals surface area contributed by atoms with E-state index in [0.717, 1.165) is 5.41 Å². The molecule has 2 saturated carbocycles. The van der Waals surface area contributed by atoms with E-state index in [9.17, 15) is 5.11 Å². The number of hydrogen-bond donors (Lipinski definition) is 2. The lowest BCUT2D eigenvalue weighted by Gasteiger charge is -2.39. The van der Waals surface area contributed by atoms with Gasteiger partial charge in [0.2, 0.25) is 0 Å². The molecule has 0 bridgehead atoms. The largest absolute Gasteiger partial charge is 0.395 e. The average Bonchev–Trinajstić information content (AvgIpc) is 2.77. The lowest BCUT2D eigenvalue weighted by molar-refractivity contribution is 0.139. The first-order valence-corrected chi connectivity index (χ1v) is 7.52. The van der Waals surface area contributed by atoms with Crippen LogP contribution in [0.5, 0.6) is 0 Å². The Balaban J connectivity index is 1.78. The van der Waals surface area contributed by atoms with Gasteiger partial charge in [-0.25, -0.2) is 0 Å². The van der Waals surface area contributed by atoms with Crippen molar-refractivity contribution in [2.24, 2.45) is 11.3 Å². The molecule has 0 saturated heterocycles. The molecule has 0 aromatic heterocycles. The quantitative estimate of drug-likeness (QED) is 0.790. The topological polar surface area (TPSA) is 32.3 Å². The van der Waals surface area contributed by atoms with E-state index in [2.05, 4.69) is 19.2 Å². The molecule has 2 rings (SSSR count). The van der Waals surface area contributed by atoms with Crippen LogP contribution in [0.3, 0.4) is 0 Å². The molecule has 0 aromatic carbocycles. The van der Waals surface area contributed by atoms with Crippen LogP contribution < -0.4 is 5.32 Å². The number of aliphatic hydroxyl groups is 1. The molecule has 1 spiro atoms. The Morgan fingerprint density at radius 1 is 1.12 bits per heavy atom. The Labute approximate surface area is 106 Å². The van der Waals surface area contributed by atoms with Crippen molar-refractivity contribution in [2.75, 3.05) is 6.61 Å². The van der Waals surface area contributed by atoms with Gasteiger partial charge in [-0.05, 0) is 49.9 Å². The standard InChI is InChI=1S/C15H29NO/c1-12(2)14(11-17)16-13-5-9-15(10-6-13)7-3-4-8-15/h12-14,16-17H,3-11H2,1-2H3. The molecule has 2 nitrogen and oxygen atoms in total. The fourth-order valence-corrected chi connectivity index (χ4v) is 3.78. The lowest BCUT2D eigenvalue weighted by atomic mass is 9.71. The summed E-state index contributed by atoms with van der Waals surface area (Å²) in [7, 11) is 0. The van der Waals surface area contributed by atoms with Crippen LogP contribution in [0.25, 0.3) is 0 Å². The lowest BCUT2D eigenvalue weighted by Crippen LogP contribution is -2.46. The summed E-state index contributed by atoms with van der Waals surface area (Å²) < 4.78 is 0. The summed E-state index contributed by atoms with van der Waals surface area (Å²) >= 11 is 0. The second kappa shape index (κ2) is 5.71. The minimum absolute atomic E-state index is 0.277. The van der Waals surface area contributed by atoms with Gasteiger partial charge in [0.1, 0.15) is 0 Å². The average molecular weight is 239 g/mol. The summed E-state index contributed by atoms with van der Waals surface area (Å²) in [4.78, 5) is 0. The molecule has 2 fully saturated rings. The van der Waals surface area contributed by atoms with E-state index >= 15 is 0 Å². The predicted octanol–water partition coefficient (Wildman–Crippen LogP) is 3.10. The van der Waals surface area contributed by atoms with Crippen LogP contribution in [-0.2, 0) is 0 Å². The van der Waals surface area contributed by atoms with Crippen molar-refractivity contribution in [3.8, 4) is 0 Å². The predicted molar refractivity (Wildman–Crippen MR) is 72.0 cm³/mol. The molecule has 0 radical (unpaired) electrons. The number of aliphatic hydroxyl groups excluding tert-OH is 1. The summed E-state index contributed by atoms with van der Waals surface area (Å²) in [5.41, 5.74) is 0.727. The van der Waals surface area contributed by atoms with Crippen LogP contribution in [0.15, 0.2) is 0 Å². The van der Waals surface area contributed by atoms with E-state index < -0.39 is 0 Å². The molecule has 0 aliphatic heterocycles. The van der Waals surface area contributed by atoms with E-state index in [0.29, 0.717) is 12.0 Å². The fraction of sp³-hybridized carbons (Fsp3) is 1.00. The summed E-state index contributed by atoms with van der Waals surface area (Å²) in [6.07, 6.45) is 11.4. The maximum atomic E-state index is 9.37. The van der Waals surface area contributed by atoms with Gasteiger partial charge < -0.3 is 10.4 Å². The third kappa shape index (κ3) is 3.23. The van der Waals surface area contributed by atoms with Gasteiger partial charge in [-0.1, -0.05) is 26.7 Å². The maximum Gasteiger partial charge on any atom is 0.0587 e. The molecular formula is C15H29NO. The summed E-state index contributed by atoms with van der Waals surface area (Å²) in [5, 5.41) is 13.0. The SMILES string of the molecule is CC(C)C(CO)NC1CCC2(CCCC2)CC1. The zero-order valence-corrected chi connectivity index (χ0v) is 11.5. The first-order chi connectivity index (χ1) is 8.15. The molecule has 100 valence electrons. The van der Waals surface area contributed by atoms with Crippen molar-refractivity contribution in [2.45, 2.75) is 77.3 Å². The first kappa shape index (κ1) is 13.4. The second-order valence-corrected chi connectivity index (χ2v) is 6.68. The van der Waals surface area contributed by atoms with Gasteiger partial charge in [-0.3, -0.25) is 0 Å². The Hall–Kier alpha value is -0.0800. The van der Waals surface area contributed by atoms with Gasteiger partial charge in [0.05, 0.1) is 6.61 Å². The Kier molecular flexibility index (Phi) is 4.48. The zero-order valence-electron chi connectivity index (χ0n) is 11.5. The minimum atomic E-state index is 0.277. The number of rotatable bonds is 4. The summed E-state index contributed by atoms with van der Waals surface area (Å²) in [6, 6.07) is 0.943. The van der Waals surface area contributed by atoms with Crippen molar-refractivity contribution >= 4 is 0 Å². The summed E-state index contributed by atoms with van der Waals surface area (Å²) in [5.74, 6) is 0.530. The van der Waals surface area contributed by atoms with Crippen molar-refractivity contribution in [3.63, 3.8) is 0 Å². The van der Waals surface area contributed by atoms with Gasteiger partial charge in [-0.2, -0.15) is 0 Å². The van der Waals surface area contributed by atoms with Crippen LogP contribution in [0.2, 0.25) is 0 Å². The molecule has 0 heterocycles. The van der Waals surface area contributed by atoms with Gasteiger partial charge in [-0.15, -0.1) is 0 Å². The van der Waals surface area contributed by atoms with Crippen molar-refractivity contribution in [1.82, 2.24) is 5.32 Å². The molecule has 2 aliphatic carbocycles. The molecular weight excluding hydrogens is 210 g/mol. The van der Waals surface area contributed by atoms with E-state index in [1.54, 1.807) is 0 Å². The highest BCUT2D eigenvalue weighted by atomic mass is 16.3. The van der Waals surface area contributed by atoms with Gasteiger partial charge in [0.25, 0.3) is 0 Å². The fourth-order valence-electron chi connectivity index (χ4n) is 3.78. The van der Waals surface area contributed by atoms with Crippen LogP contribution in [-0.4, -0.2) is 23.8 Å². The van der Waals surface area contributed by atoms with Crippen molar-refractivity contribution in [3.05, 3.63) is 0 Å². The Morgan fingerprint density at radius 3 is 2.18 bits per heavy atom. The van der Waals surface area contributed by atoms with Crippen LogP contribution in [0, 0.1) is 11.3 Å². The highest BCUT2D eigenvalue weighted by molar-refractivity contribution is 4.92. The van der Waals surface area contributed by atoms with Gasteiger partial charge in [0, 0.05) is 12.1 Å². The monoisotopic (exact) mass is 239 g/mol.